The second-order valence-corrected chi connectivity index (χ2v) is 6.20. The van der Waals surface area contributed by atoms with Crippen LogP contribution in [0.15, 0.2) is 0 Å². The van der Waals surface area contributed by atoms with Crippen LogP contribution in [0.4, 0.5) is 0 Å². The van der Waals surface area contributed by atoms with Crippen LogP contribution in [0.25, 0.3) is 0 Å². The van der Waals surface area contributed by atoms with Gasteiger partial charge in [0.2, 0.25) is 0 Å². The van der Waals surface area contributed by atoms with Crippen molar-refractivity contribution in [3.05, 3.63) is 0 Å². The predicted octanol–water partition coefficient (Wildman–Crippen LogP) is 1.70. The monoisotopic (exact) mass is 245 g/mol. The topological polar surface area (TPSA) is 52.9 Å². The fourth-order valence-electron chi connectivity index (χ4n) is 2.73. The SMILES string of the molecule is CC1(C)CCCC(C)(C)N1OC(CO)CCO. The normalized spacial score (nSPS) is 25.8. The Balaban J connectivity index is 2.75. The van der Waals surface area contributed by atoms with E-state index in [1.807, 2.05) is 5.06 Å². The van der Waals surface area contributed by atoms with Gasteiger partial charge in [-0.25, -0.2) is 0 Å². The lowest BCUT2D eigenvalue weighted by Crippen LogP contribution is -2.59. The van der Waals surface area contributed by atoms with E-state index in [9.17, 15) is 5.11 Å². The molecule has 1 fully saturated rings. The van der Waals surface area contributed by atoms with Gasteiger partial charge >= 0.3 is 0 Å². The number of rotatable bonds is 5. The third-order valence-electron chi connectivity index (χ3n) is 3.59. The Morgan fingerprint density at radius 1 is 1.12 bits per heavy atom. The van der Waals surface area contributed by atoms with Crippen molar-refractivity contribution in [3.63, 3.8) is 0 Å². The van der Waals surface area contributed by atoms with Crippen molar-refractivity contribution in [2.75, 3.05) is 13.2 Å². The minimum Gasteiger partial charge on any atom is -0.396 e. The largest absolute Gasteiger partial charge is 0.396 e. The first-order valence-corrected chi connectivity index (χ1v) is 6.52. The maximum Gasteiger partial charge on any atom is 0.105 e. The van der Waals surface area contributed by atoms with Crippen molar-refractivity contribution in [3.8, 4) is 0 Å². The van der Waals surface area contributed by atoms with Gasteiger partial charge in [0.25, 0.3) is 0 Å². The summed E-state index contributed by atoms with van der Waals surface area (Å²) in [5, 5.41) is 20.2. The lowest BCUT2D eigenvalue weighted by atomic mass is 9.82. The summed E-state index contributed by atoms with van der Waals surface area (Å²) in [7, 11) is 0. The van der Waals surface area contributed by atoms with Crippen LogP contribution in [-0.4, -0.2) is 45.7 Å². The molecule has 1 heterocycles. The van der Waals surface area contributed by atoms with Crippen LogP contribution in [0, 0.1) is 0 Å². The predicted molar refractivity (Wildman–Crippen MR) is 67.5 cm³/mol. The first-order valence-electron chi connectivity index (χ1n) is 6.52. The zero-order valence-electron chi connectivity index (χ0n) is 11.6. The number of hydrogen-bond acceptors (Lipinski definition) is 4. The van der Waals surface area contributed by atoms with Crippen molar-refractivity contribution < 1.29 is 15.1 Å². The second-order valence-electron chi connectivity index (χ2n) is 6.20. The Bertz CT molecular complexity index is 225. The fraction of sp³-hybridized carbons (Fsp3) is 1.00. The van der Waals surface area contributed by atoms with Crippen molar-refractivity contribution in [1.29, 1.82) is 0 Å². The Morgan fingerprint density at radius 3 is 2.06 bits per heavy atom. The van der Waals surface area contributed by atoms with Crippen molar-refractivity contribution in [2.24, 2.45) is 0 Å². The molecule has 4 nitrogen and oxygen atoms in total. The minimum absolute atomic E-state index is 0.0232. The highest BCUT2D eigenvalue weighted by Crippen LogP contribution is 2.38. The van der Waals surface area contributed by atoms with Gasteiger partial charge in [0.1, 0.15) is 6.10 Å². The average Bonchev–Trinajstić information content (AvgIpc) is 2.21. The first kappa shape index (κ1) is 14.9. The molecule has 1 rings (SSSR count). The van der Waals surface area contributed by atoms with E-state index in [0.29, 0.717) is 6.42 Å². The van der Waals surface area contributed by atoms with E-state index in [0.717, 1.165) is 12.8 Å². The molecule has 2 N–H and O–H groups in total. The Hall–Kier alpha value is -0.160. The molecule has 1 saturated heterocycles. The lowest BCUT2D eigenvalue weighted by molar-refractivity contribution is -0.310. The molecule has 1 unspecified atom stereocenters. The highest BCUT2D eigenvalue weighted by molar-refractivity contribution is 4.93. The molecule has 4 heteroatoms. The maximum absolute atomic E-state index is 9.27. The Labute approximate surface area is 105 Å². The molecular formula is C13H27NO3. The Morgan fingerprint density at radius 2 is 1.65 bits per heavy atom. The third kappa shape index (κ3) is 3.65. The Kier molecular flexibility index (Phi) is 4.95. The summed E-state index contributed by atoms with van der Waals surface area (Å²) >= 11 is 0. The first-order chi connectivity index (χ1) is 7.83. The summed E-state index contributed by atoms with van der Waals surface area (Å²) in [5.41, 5.74) is -0.0464. The number of hydrogen-bond donors (Lipinski definition) is 2. The summed E-state index contributed by atoms with van der Waals surface area (Å²) < 4.78 is 0. The van der Waals surface area contributed by atoms with Crippen molar-refractivity contribution in [1.82, 2.24) is 5.06 Å². The molecule has 17 heavy (non-hydrogen) atoms. The van der Waals surface area contributed by atoms with Crippen molar-refractivity contribution in [2.45, 2.75) is 70.6 Å². The summed E-state index contributed by atoms with van der Waals surface area (Å²) in [4.78, 5) is 5.93. The summed E-state index contributed by atoms with van der Waals surface area (Å²) in [6.45, 7) is 8.66. The highest BCUT2D eigenvalue weighted by Gasteiger charge is 2.43. The van der Waals surface area contributed by atoms with Crippen molar-refractivity contribution >= 4 is 0 Å². The standard InChI is InChI=1S/C13H27NO3/c1-12(2)7-5-8-13(3,4)14(12)17-11(10-16)6-9-15/h11,15-16H,5-10H2,1-4H3. The van der Waals surface area contributed by atoms with Gasteiger partial charge in [-0.2, -0.15) is 5.06 Å². The van der Waals surface area contributed by atoms with Crippen LogP contribution in [-0.2, 0) is 4.84 Å². The summed E-state index contributed by atoms with van der Waals surface area (Å²) in [6.07, 6.45) is 3.54. The van der Waals surface area contributed by atoms with Crippen LogP contribution < -0.4 is 0 Å². The quantitative estimate of drug-likeness (QED) is 0.774. The van der Waals surface area contributed by atoms with Crippen LogP contribution >= 0.6 is 0 Å². The molecule has 0 bridgehead atoms. The molecule has 0 spiro atoms. The van der Waals surface area contributed by atoms with Gasteiger partial charge < -0.3 is 10.2 Å². The zero-order valence-corrected chi connectivity index (χ0v) is 11.6. The number of piperidine rings is 1. The number of aliphatic hydroxyl groups excluding tert-OH is 2. The molecule has 0 radical (unpaired) electrons. The minimum atomic E-state index is -0.309. The van der Waals surface area contributed by atoms with Gasteiger partial charge in [0.05, 0.1) is 6.61 Å². The molecular weight excluding hydrogens is 218 g/mol. The van der Waals surface area contributed by atoms with Gasteiger partial charge in [0, 0.05) is 24.1 Å². The van der Waals surface area contributed by atoms with Crippen LogP contribution in [0.5, 0.6) is 0 Å². The smallest absolute Gasteiger partial charge is 0.105 e. The van der Waals surface area contributed by atoms with Gasteiger partial charge in [0.15, 0.2) is 0 Å². The van der Waals surface area contributed by atoms with Gasteiger partial charge in [-0.1, -0.05) is 0 Å². The number of nitrogens with zero attached hydrogens (tertiary/aromatic N) is 1. The summed E-state index contributed by atoms with van der Waals surface area (Å²) in [6, 6.07) is 0. The van der Waals surface area contributed by atoms with Gasteiger partial charge in [-0.15, -0.1) is 0 Å². The summed E-state index contributed by atoms with van der Waals surface area (Å²) in [5.74, 6) is 0. The highest BCUT2D eigenvalue weighted by atomic mass is 16.7. The molecule has 1 aliphatic rings. The van der Waals surface area contributed by atoms with E-state index in [1.54, 1.807) is 0 Å². The lowest BCUT2D eigenvalue weighted by Gasteiger charge is -2.52. The van der Waals surface area contributed by atoms with E-state index in [1.165, 1.54) is 6.42 Å². The molecule has 0 amide bonds. The maximum atomic E-state index is 9.27. The van der Waals surface area contributed by atoms with E-state index in [-0.39, 0.29) is 30.4 Å². The van der Waals surface area contributed by atoms with E-state index >= 15 is 0 Å². The second kappa shape index (κ2) is 5.65. The fourth-order valence-corrected chi connectivity index (χ4v) is 2.73. The van der Waals surface area contributed by atoms with Crippen LogP contribution in [0.3, 0.4) is 0 Å². The molecule has 0 aliphatic carbocycles. The molecule has 1 atom stereocenters. The molecule has 0 aromatic heterocycles. The van der Waals surface area contributed by atoms with E-state index in [2.05, 4.69) is 27.7 Å². The number of aliphatic hydroxyl groups is 2. The van der Waals surface area contributed by atoms with Crippen LogP contribution in [0.2, 0.25) is 0 Å². The molecule has 0 aromatic carbocycles. The van der Waals surface area contributed by atoms with Crippen LogP contribution in [0.1, 0.15) is 53.4 Å². The molecule has 0 saturated carbocycles. The molecule has 102 valence electrons. The third-order valence-corrected chi connectivity index (χ3v) is 3.59. The average molecular weight is 245 g/mol. The zero-order chi connectivity index (χ0) is 13.1. The van der Waals surface area contributed by atoms with Gasteiger partial charge in [-0.3, -0.25) is 4.84 Å². The van der Waals surface area contributed by atoms with Gasteiger partial charge in [-0.05, 0) is 47.0 Å². The van der Waals surface area contributed by atoms with E-state index < -0.39 is 0 Å². The van der Waals surface area contributed by atoms with E-state index in [4.69, 9.17) is 9.94 Å². The number of hydroxylamine groups is 2. The molecule has 1 aliphatic heterocycles. The molecule has 0 aromatic rings.